The molecule has 0 unspecified atom stereocenters. The van der Waals surface area contributed by atoms with Gasteiger partial charge in [-0.3, -0.25) is 0 Å². The molecule has 1 aliphatic rings. The molecule has 1 fully saturated rings. The minimum atomic E-state index is -3.79. The van der Waals surface area contributed by atoms with Gasteiger partial charge in [0.15, 0.2) is 9.84 Å². The maximum absolute atomic E-state index is 12.4. The molecule has 0 aliphatic carbocycles. The van der Waals surface area contributed by atoms with E-state index in [1.54, 1.807) is 0 Å². The molecule has 0 saturated carbocycles. The van der Waals surface area contributed by atoms with Crippen LogP contribution in [0.2, 0.25) is 5.02 Å². The first kappa shape index (κ1) is 15.7. The predicted octanol–water partition coefficient (Wildman–Crippen LogP) is 0.929. The van der Waals surface area contributed by atoms with E-state index in [1.165, 1.54) is 18.5 Å². The van der Waals surface area contributed by atoms with Crippen LogP contribution in [0.15, 0.2) is 23.4 Å². The fraction of sp³-hybridized carbons (Fsp3) is 0.417. The molecule has 2 aromatic heterocycles. The minimum absolute atomic E-state index is 0.0152. The molecule has 2 N–H and O–H groups in total. The zero-order valence-electron chi connectivity index (χ0n) is 11.4. The van der Waals surface area contributed by atoms with E-state index in [9.17, 15) is 16.8 Å². The predicted molar refractivity (Wildman–Crippen MR) is 83.1 cm³/mol. The normalized spacial score (nSPS) is 21.4. The smallest absolute Gasteiger partial charge is 0.242 e. The van der Waals surface area contributed by atoms with Crippen LogP contribution in [0.3, 0.4) is 0 Å². The molecule has 3 heterocycles. The number of fused-ring (bicyclic) bond motifs is 1. The molecule has 2 aromatic rings. The van der Waals surface area contributed by atoms with Crippen molar-refractivity contribution in [3.8, 4) is 0 Å². The molecule has 1 saturated heterocycles. The van der Waals surface area contributed by atoms with Gasteiger partial charge in [-0.25, -0.2) is 26.5 Å². The third kappa shape index (κ3) is 2.98. The SMILES string of the molecule is O=S1(=O)CC[C@@H](CNS(=O)(=O)c2c[nH]c3nccc(Cl)c23)C1. The molecule has 22 heavy (non-hydrogen) atoms. The Bertz CT molecular complexity index is 921. The van der Waals surface area contributed by atoms with E-state index in [1.807, 2.05) is 0 Å². The van der Waals surface area contributed by atoms with Gasteiger partial charge in [-0.15, -0.1) is 0 Å². The van der Waals surface area contributed by atoms with Crippen molar-refractivity contribution in [2.45, 2.75) is 11.3 Å². The lowest BCUT2D eigenvalue weighted by Gasteiger charge is -2.10. The standard InChI is InChI=1S/C12H14ClN3O4S2/c13-9-1-3-14-12-11(9)10(6-15-12)22(19,20)16-5-8-2-4-21(17,18)7-8/h1,3,6,8,16H,2,4-5,7H2,(H,14,15)/t8-/m0/s1. The summed E-state index contributed by atoms with van der Waals surface area (Å²) in [4.78, 5) is 6.80. The van der Waals surface area contributed by atoms with Crippen molar-refractivity contribution in [3.63, 3.8) is 0 Å². The van der Waals surface area contributed by atoms with Crippen molar-refractivity contribution in [3.05, 3.63) is 23.5 Å². The molecule has 1 aliphatic heterocycles. The van der Waals surface area contributed by atoms with Gasteiger partial charge in [-0.1, -0.05) is 11.6 Å². The average Bonchev–Trinajstić information content (AvgIpc) is 3.01. The van der Waals surface area contributed by atoms with E-state index in [0.29, 0.717) is 17.5 Å². The Morgan fingerprint density at radius 3 is 2.91 bits per heavy atom. The number of rotatable bonds is 4. The molecular weight excluding hydrogens is 350 g/mol. The summed E-state index contributed by atoms with van der Waals surface area (Å²) in [7, 11) is -6.82. The van der Waals surface area contributed by atoms with Crippen LogP contribution in [0.4, 0.5) is 0 Å². The molecule has 1 atom stereocenters. The fourth-order valence-corrected chi connectivity index (χ4v) is 6.00. The van der Waals surface area contributed by atoms with Gasteiger partial charge in [0, 0.05) is 18.9 Å². The molecule has 0 amide bonds. The van der Waals surface area contributed by atoms with Crippen molar-refractivity contribution >= 4 is 42.5 Å². The van der Waals surface area contributed by atoms with Crippen molar-refractivity contribution in [2.75, 3.05) is 18.1 Å². The van der Waals surface area contributed by atoms with Crippen molar-refractivity contribution in [2.24, 2.45) is 5.92 Å². The summed E-state index contributed by atoms with van der Waals surface area (Å²) in [6.45, 7) is 0.0894. The van der Waals surface area contributed by atoms with Crippen LogP contribution >= 0.6 is 11.6 Å². The summed E-state index contributed by atoms with van der Waals surface area (Å²) >= 11 is 6.04. The number of sulfone groups is 1. The maximum atomic E-state index is 12.4. The van der Waals surface area contributed by atoms with Crippen molar-refractivity contribution < 1.29 is 16.8 Å². The number of sulfonamides is 1. The van der Waals surface area contributed by atoms with Gasteiger partial charge in [0.05, 0.1) is 21.9 Å². The summed E-state index contributed by atoms with van der Waals surface area (Å²) in [5.74, 6) is -0.0629. The first-order valence-corrected chi connectivity index (χ1v) is 10.3. The van der Waals surface area contributed by atoms with Crippen LogP contribution in [-0.4, -0.2) is 44.9 Å². The highest BCUT2D eigenvalue weighted by Gasteiger charge is 2.29. The van der Waals surface area contributed by atoms with Crippen LogP contribution in [-0.2, 0) is 19.9 Å². The van der Waals surface area contributed by atoms with Crippen LogP contribution in [0.1, 0.15) is 6.42 Å². The number of pyridine rings is 1. The average molecular weight is 364 g/mol. The quantitative estimate of drug-likeness (QED) is 0.839. The van der Waals surface area contributed by atoms with Crippen LogP contribution in [0.25, 0.3) is 11.0 Å². The molecule has 10 heteroatoms. The monoisotopic (exact) mass is 363 g/mol. The Labute approximate surface area is 133 Å². The summed E-state index contributed by atoms with van der Waals surface area (Å²) in [5, 5.41) is 0.616. The second-order valence-corrected chi connectivity index (χ2v) is 9.66. The summed E-state index contributed by atoms with van der Waals surface area (Å²) in [5.41, 5.74) is 0.385. The third-order valence-corrected chi connectivity index (χ3v) is 7.26. The number of H-pyrrole nitrogens is 1. The number of aromatic nitrogens is 2. The molecule has 120 valence electrons. The Hall–Kier alpha value is -1.16. The number of aromatic amines is 1. The van der Waals surface area contributed by atoms with E-state index >= 15 is 0 Å². The van der Waals surface area contributed by atoms with Gasteiger partial charge in [-0.05, 0) is 18.4 Å². The number of hydrogen-bond acceptors (Lipinski definition) is 5. The maximum Gasteiger partial charge on any atom is 0.242 e. The molecule has 0 bridgehead atoms. The second kappa shape index (κ2) is 5.48. The second-order valence-electron chi connectivity index (χ2n) is 5.29. The lowest BCUT2D eigenvalue weighted by molar-refractivity contribution is 0.544. The molecule has 0 spiro atoms. The minimum Gasteiger partial charge on any atom is -0.345 e. The Morgan fingerprint density at radius 1 is 1.45 bits per heavy atom. The fourth-order valence-electron chi connectivity index (χ4n) is 2.54. The molecule has 0 radical (unpaired) electrons. The number of halogens is 1. The van der Waals surface area contributed by atoms with Gasteiger partial charge >= 0.3 is 0 Å². The van der Waals surface area contributed by atoms with Crippen molar-refractivity contribution in [1.29, 1.82) is 0 Å². The molecule has 7 nitrogen and oxygen atoms in total. The van der Waals surface area contributed by atoms with E-state index in [2.05, 4.69) is 14.7 Å². The summed E-state index contributed by atoms with van der Waals surface area (Å²) in [6.07, 6.45) is 3.28. The topological polar surface area (TPSA) is 109 Å². The number of nitrogens with one attached hydrogen (secondary N) is 2. The lowest BCUT2D eigenvalue weighted by Crippen LogP contribution is -2.29. The molecule has 3 rings (SSSR count). The lowest BCUT2D eigenvalue weighted by atomic mass is 10.1. The number of hydrogen-bond donors (Lipinski definition) is 2. The van der Waals surface area contributed by atoms with E-state index in [4.69, 9.17) is 11.6 Å². The molecule has 0 aromatic carbocycles. The van der Waals surface area contributed by atoms with Gasteiger partial charge in [0.2, 0.25) is 10.0 Å². The third-order valence-electron chi connectivity index (χ3n) is 3.66. The Balaban J connectivity index is 1.83. The van der Waals surface area contributed by atoms with Gasteiger partial charge in [0.25, 0.3) is 0 Å². The Morgan fingerprint density at radius 2 is 2.23 bits per heavy atom. The van der Waals surface area contributed by atoms with Gasteiger partial charge in [-0.2, -0.15) is 0 Å². The first-order valence-electron chi connectivity index (χ1n) is 6.60. The highest BCUT2D eigenvalue weighted by Crippen LogP contribution is 2.28. The Kier molecular flexibility index (Phi) is 3.92. The largest absolute Gasteiger partial charge is 0.345 e. The zero-order chi connectivity index (χ0) is 16.0. The summed E-state index contributed by atoms with van der Waals surface area (Å²) in [6, 6.07) is 1.51. The summed E-state index contributed by atoms with van der Waals surface area (Å²) < 4.78 is 50.1. The van der Waals surface area contributed by atoms with E-state index in [0.717, 1.165) is 0 Å². The van der Waals surface area contributed by atoms with Crippen LogP contribution in [0, 0.1) is 5.92 Å². The zero-order valence-corrected chi connectivity index (χ0v) is 13.8. The highest BCUT2D eigenvalue weighted by molar-refractivity contribution is 7.91. The van der Waals surface area contributed by atoms with Gasteiger partial charge in [0.1, 0.15) is 10.5 Å². The van der Waals surface area contributed by atoms with E-state index in [-0.39, 0.29) is 33.9 Å². The van der Waals surface area contributed by atoms with E-state index < -0.39 is 19.9 Å². The van der Waals surface area contributed by atoms with Crippen LogP contribution in [0.5, 0.6) is 0 Å². The number of nitrogens with zero attached hydrogens (tertiary/aromatic N) is 1. The highest BCUT2D eigenvalue weighted by atomic mass is 35.5. The first-order chi connectivity index (χ1) is 10.3. The van der Waals surface area contributed by atoms with Crippen LogP contribution < -0.4 is 4.72 Å². The van der Waals surface area contributed by atoms with Gasteiger partial charge < -0.3 is 4.98 Å². The van der Waals surface area contributed by atoms with Crippen molar-refractivity contribution in [1.82, 2.24) is 14.7 Å². The molecular formula is C12H14ClN3O4S2.